The van der Waals surface area contributed by atoms with Crippen molar-refractivity contribution >= 4 is 29.9 Å². The Morgan fingerprint density at radius 1 is 1.23 bits per heavy atom. The SMILES string of the molecule is CCNC(=NCc1ccccc1CN1CCOCC1)NCC(C)CO.I. The Morgan fingerprint density at radius 2 is 1.92 bits per heavy atom. The Labute approximate surface area is 174 Å². The molecule has 1 atom stereocenters. The first kappa shape index (κ1) is 23.1. The van der Waals surface area contributed by atoms with E-state index in [4.69, 9.17) is 14.8 Å². The molecule has 1 saturated heterocycles. The lowest BCUT2D eigenvalue weighted by molar-refractivity contribution is 0.0341. The number of rotatable bonds is 8. The lowest BCUT2D eigenvalue weighted by Gasteiger charge is -2.27. The van der Waals surface area contributed by atoms with Gasteiger partial charge in [0.25, 0.3) is 0 Å². The van der Waals surface area contributed by atoms with Gasteiger partial charge in [0.05, 0.1) is 19.8 Å². The van der Waals surface area contributed by atoms with Crippen molar-refractivity contribution in [3.63, 3.8) is 0 Å². The fourth-order valence-electron chi connectivity index (χ4n) is 2.71. The summed E-state index contributed by atoms with van der Waals surface area (Å²) >= 11 is 0. The summed E-state index contributed by atoms with van der Waals surface area (Å²) in [4.78, 5) is 7.14. The highest BCUT2D eigenvalue weighted by Crippen LogP contribution is 2.14. The normalized spacial score (nSPS) is 16.7. The number of aliphatic imine (C=N–C) groups is 1. The number of benzene rings is 1. The maximum absolute atomic E-state index is 9.16. The van der Waals surface area contributed by atoms with Crippen LogP contribution in [-0.4, -0.2) is 62.0 Å². The van der Waals surface area contributed by atoms with Crippen LogP contribution in [0.15, 0.2) is 29.3 Å². The average molecular weight is 476 g/mol. The summed E-state index contributed by atoms with van der Waals surface area (Å²) in [7, 11) is 0. The summed E-state index contributed by atoms with van der Waals surface area (Å²) in [5.74, 6) is 1.00. The molecule has 0 aliphatic carbocycles. The van der Waals surface area contributed by atoms with Gasteiger partial charge in [0.1, 0.15) is 0 Å². The van der Waals surface area contributed by atoms with E-state index in [0.29, 0.717) is 13.1 Å². The number of morpholine rings is 1. The Bertz CT molecular complexity index is 536. The van der Waals surface area contributed by atoms with Crippen LogP contribution < -0.4 is 10.6 Å². The quantitative estimate of drug-likeness (QED) is 0.304. The van der Waals surface area contributed by atoms with E-state index in [0.717, 1.165) is 45.4 Å². The van der Waals surface area contributed by atoms with Crippen LogP contribution >= 0.6 is 24.0 Å². The fraction of sp³-hybridized carbons (Fsp3) is 0.632. The molecule has 1 aromatic carbocycles. The molecule has 3 N–H and O–H groups in total. The van der Waals surface area contributed by atoms with E-state index in [9.17, 15) is 0 Å². The van der Waals surface area contributed by atoms with Gasteiger partial charge in [0, 0.05) is 39.3 Å². The number of hydrogen-bond donors (Lipinski definition) is 3. The van der Waals surface area contributed by atoms with Crippen LogP contribution in [0.1, 0.15) is 25.0 Å². The third kappa shape index (κ3) is 8.20. The monoisotopic (exact) mass is 476 g/mol. The Hall–Kier alpha value is -0.900. The van der Waals surface area contributed by atoms with Crippen molar-refractivity contribution < 1.29 is 9.84 Å². The molecule has 1 heterocycles. The van der Waals surface area contributed by atoms with Crippen LogP contribution in [0.2, 0.25) is 0 Å². The van der Waals surface area contributed by atoms with E-state index >= 15 is 0 Å². The second kappa shape index (κ2) is 13.3. The third-order valence-corrected chi connectivity index (χ3v) is 4.30. The minimum absolute atomic E-state index is 0. The van der Waals surface area contributed by atoms with E-state index in [-0.39, 0.29) is 36.5 Å². The Morgan fingerprint density at radius 3 is 2.58 bits per heavy atom. The van der Waals surface area contributed by atoms with E-state index in [1.807, 2.05) is 6.92 Å². The number of nitrogens with zero attached hydrogens (tertiary/aromatic N) is 2. The second-order valence-corrected chi connectivity index (χ2v) is 6.52. The number of aliphatic hydroxyl groups is 1. The molecule has 6 nitrogen and oxygen atoms in total. The molecular formula is C19H33IN4O2. The number of halogens is 1. The summed E-state index contributed by atoms with van der Waals surface area (Å²) in [5.41, 5.74) is 2.58. The summed E-state index contributed by atoms with van der Waals surface area (Å²) in [6.07, 6.45) is 0. The molecule has 26 heavy (non-hydrogen) atoms. The van der Waals surface area contributed by atoms with Gasteiger partial charge < -0.3 is 20.5 Å². The van der Waals surface area contributed by atoms with E-state index in [2.05, 4.69) is 46.7 Å². The minimum atomic E-state index is 0. The molecule has 1 aromatic rings. The molecule has 0 aromatic heterocycles. The van der Waals surface area contributed by atoms with Crippen molar-refractivity contribution in [2.45, 2.75) is 26.9 Å². The van der Waals surface area contributed by atoms with Gasteiger partial charge in [-0.2, -0.15) is 0 Å². The van der Waals surface area contributed by atoms with Gasteiger partial charge in [0.2, 0.25) is 0 Å². The van der Waals surface area contributed by atoms with Crippen LogP contribution in [0.25, 0.3) is 0 Å². The molecule has 1 fully saturated rings. The molecule has 0 bridgehead atoms. The standard InChI is InChI=1S/C19H32N4O2.HI/c1-3-20-19(21-12-16(2)15-24)22-13-17-6-4-5-7-18(17)14-23-8-10-25-11-9-23;/h4-7,16,24H,3,8-15H2,1-2H3,(H2,20,21,22);1H. The first-order valence-corrected chi connectivity index (χ1v) is 9.22. The van der Waals surface area contributed by atoms with Gasteiger partial charge >= 0.3 is 0 Å². The molecule has 0 radical (unpaired) electrons. The molecule has 0 amide bonds. The highest BCUT2D eigenvalue weighted by atomic mass is 127. The van der Waals surface area contributed by atoms with Gasteiger partial charge in [-0.3, -0.25) is 4.90 Å². The molecule has 1 aliphatic heterocycles. The number of aliphatic hydroxyl groups excluding tert-OH is 1. The second-order valence-electron chi connectivity index (χ2n) is 6.52. The van der Waals surface area contributed by atoms with Gasteiger partial charge in [-0.1, -0.05) is 31.2 Å². The summed E-state index contributed by atoms with van der Waals surface area (Å²) < 4.78 is 5.43. The maximum atomic E-state index is 9.16. The van der Waals surface area contributed by atoms with Gasteiger partial charge in [-0.25, -0.2) is 4.99 Å². The zero-order valence-corrected chi connectivity index (χ0v) is 18.2. The van der Waals surface area contributed by atoms with Gasteiger partial charge in [-0.05, 0) is 24.0 Å². The molecule has 148 valence electrons. The molecule has 7 heteroatoms. The van der Waals surface area contributed by atoms with E-state index in [1.165, 1.54) is 11.1 Å². The topological polar surface area (TPSA) is 69.1 Å². The van der Waals surface area contributed by atoms with E-state index in [1.54, 1.807) is 0 Å². The Balaban J connectivity index is 0.00000338. The molecule has 2 rings (SSSR count). The minimum Gasteiger partial charge on any atom is -0.396 e. The van der Waals surface area contributed by atoms with Crippen molar-refractivity contribution in [2.75, 3.05) is 46.0 Å². The van der Waals surface area contributed by atoms with Gasteiger partial charge in [0.15, 0.2) is 5.96 Å². The first-order chi connectivity index (χ1) is 12.2. The van der Waals surface area contributed by atoms with Gasteiger partial charge in [-0.15, -0.1) is 24.0 Å². The summed E-state index contributed by atoms with van der Waals surface area (Å²) in [6, 6.07) is 8.50. The summed E-state index contributed by atoms with van der Waals surface area (Å²) in [5, 5.41) is 15.7. The number of hydrogen-bond acceptors (Lipinski definition) is 4. The predicted molar refractivity (Wildman–Crippen MR) is 117 cm³/mol. The van der Waals surface area contributed by atoms with Crippen LogP contribution in [-0.2, 0) is 17.8 Å². The van der Waals surface area contributed by atoms with Crippen molar-refractivity contribution in [3.05, 3.63) is 35.4 Å². The maximum Gasteiger partial charge on any atom is 0.191 e. The molecule has 1 unspecified atom stereocenters. The highest BCUT2D eigenvalue weighted by molar-refractivity contribution is 14.0. The lowest BCUT2D eigenvalue weighted by Crippen LogP contribution is -2.40. The van der Waals surface area contributed by atoms with Crippen LogP contribution in [0.3, 0.4) is 0 Å². The highest BCUT2D eigenvalue weighted by Gasteiger charge is 2.12. The smallest absolute Gasteiger partial charge is 0.191 e. The van der Waals surface area contributed by atoms with Crippen LogP contribution in [0, 0.1) is 5.92 Å². The number of ether oxygens (including phenoxy) is 1. The van der Waals surface area contributed by atoms with Crippen molar-refractivity contribution in [1.29, 1.82) is 0 Å². The number of guanidine groups is 1. The summed E-state index contributed by atoms with van der Waals surface area (Å²) in [6.45, 7) is 11.0. The fourth-order valence-corrected chi connectivity index (χ4v) is 2.71. The third-order valence-electron chi connectivity index (χ3n) is 4.30. The zero-order valence-electron chi connectivity index (χ0n) is 15.9. The zero-order chi connectivity index (χ0) is 17.9. The Kier molecular flexibility index (Phi) is 11.8. The lowest BCUT2D eigenvalue weighted by atomic mass is 10.1. The van der Waals surface area contributed by atoms with Crippen molar-refractivity contribution in [3.8, 4) is 0 Å². The van der Waals surface area contributed by atoms with E-state index < -0.39 is 0 Å². The van der Waals surface area contributed by atoms with Crippen LogP contribution in [0.5, 0.6) is 0 Å². The number of nitrogens with one attached hydrogen (secondary N) is 2. The molecular weight excluding hydrogens is 443 g/mol. The average Bonchev–Trinajstić information content (AvgIpc) is 2.65. The van der Waals surface area contributed by atoms with Crippen molar-refractivity contribution in [1.82, 2.24) is 15.5 Å². The first-order valence-electron chi connectivity index (χ1n) is 9.22. The molecule has 0 spiro atoms. The van der Waals surface area contributed by atoms with Crippen molar-refractivity contribution in [2.24, 2.45) is 10.9 Å². The predicted octanol–water partition coefficient (Wildman–Crippen LogP) is 1.82. The van der Waals surface area contributed by atoms with Crippen LogP contribution in [0.4, 0.5) is 0 Å². The largest absolute Gasteiger partial charge is 0.396 e. The molecule has 0 saturated carbocycles. The molecule has 1 aliphatic rings.